The van der Waals surface area contributed by atoms with Crippen molar-refractivity contribution in [3.8, 4) is 11.5 Å². The largest absolute Gasteiger partial charge is 0.411 e. The number of aromatic nitrogens is 2. The molecule has 0 aliphatic carbocycles. The molecule has 0 saturated carbocycles. The molecule has 0 radical (unpaired) electrons. The minimum atomic E-state index is -3.66. The van der Waals surface area contributed by atoms with Gasteiger partial charge in [0, 0.05) is 25.2 Å². The summed E-state index contributed by atoms with van der Waals surface area (Å²) in [5.41, 5.74) is 0.438. The zero-order valence-corrected chi connectivity index (χ0v) is 18.7. The number of thioether (sulfide) groups is 1. The van der Waals surface area contributed by atoms with Gasteiger partial charge in [-0.25, -0.2) is 13.2 Å². The Balaban J connectivity index is 1.70. The van der Waals surface area contributed by atoms with Crippen LogP contribution in [0.3, 0.4) is 0 Å². The molecule has 1 aromatic carbocycles. The van der Waals surface area contributed by atoms with Crippen LogP contribution in [0.15, 0.2) is 38.8 Å². The van der Waals surface area contributed by atoms with Gasteiger partial charge < -0.3 is 14.5 Å². The molecule has 1 atom stereocenters. The molecule has 168 valence electrons. The summed E-state index contributed by atoms with van der Waals surface area (Å²) < 4.78 is 37.9. The van der Waals surface area contributed by atoms with Crippen molar-refractivity contribution in [3.05, 3.63) is 24.3 Å². The molecule has 1 fully saturated rings. The second-order valence-corrected chi connectivity index (χ2v) is 9.76. The SMILES string of the molecule is CCNC(=O)NC(=O)C(C)Sc1nnc(-c2cccc(S(=O)(=O)N3CCOCC3)c2)o1. The van der Waals surface area contributed by atoms with Crippen molar-refractivity contribution in [2.45, 2.75) is 29.2 Å². The first-order valence-corrected chi connectivity index (χ1v) is 11.9. The summed E-state index contributed by atoms with van der Waals surface area (Å²) in [7, 11) is -3.66. The van der Waals surface area contributed by atoms with E-state index >= 15 is 0 Å². The normalized spacial score (nSPS) is 15.9. The Bertz CT molecular complexity index is 1040. The molecule has 1 aromatic heterocycles. The molecule has 11 nitrogen and oxygen atoms in total. The number of amides is 3. The maximum Gasteiger partial charge on any atom is 0.321 e. The van der Waals surface area contributed by atoms with Crippen molar-refractivity contribution in [1.29, 1.82) is 0 Å². The molecule has 1 saturated heterocycles. The van der Waals surface area contributed by atoms with Gasteiger partial charge in [0.2, 0.25) is 21.8 Å². The average Bonchev–Trinajstić information content (AvgIpc) is 3.23. The fourth-order valence-corrected chi connectivity index (χ4v) is 4.86. The van der Waals surface area contributed by atoms with Gasteiger partial charge >= 0.3 is 6.03 Å². The van der Waals surface area contributed by atoms with Crippen LogP contribution in [0.25, 0.3) is 11.5 Å². The van der Waals surface area contributed by atoms with E-state index in [0.717, 1.165) is 11.8 Å². The molecule has 2 aromatic rings. The lowest BCUT2D eigenvalue weighted by atomic mass is 10.2. The van der Waals surface area contributed by atoms with E-state index in [2.05, 4.69) is 20.8 Å². The number of hydrogen-bond donors (Lipinski definition) is 2. The molecule has 3 rings (SSSR count). The highest BCUT2D eigenvalue weighted by atomic mass is 32.2. The van der Waals surface area contributed by atoms with Gasteiger partial charge in [0.15, 0.2) is 0 Å². The van der Waals surface area contributed by atoms with E-state index in [9.17, 15) is 18.0 Å². The van der Waals surface area contributed by atoms with Crippen molar-refractivity contribution < 1.29 is 27.2 Å². The summed E-state index contributed by atoms with van der Waals surface area (Å²) in [4.78, 5) is 23.6. The number of hydrogen-bond acceptors (Lipinski definition) is 9. The lowest BCUT2D eigenvalue weighted by Crippen LogP contribution is -2.42. The molecule has 1 unspecified atom stereocenters. The zero-order valence-electron chi connectivity index (χ0n) is 17.0. The van der Waals surface area contributed by atoms with E-state index in [-0.39, 0.29) is 16.0 Å². The Morgan fingerprint density at radius 1 is 1.26 bits per heavy atom. The van der Waals surface area contributed by atoms with Gasteiger partial charge in [0.05, 0.1) is 23.4 Å². The first kappa shape index (κ1) is 23.2. The van der Waals surface area contributed by atoms with Gasteiger partial charge in [-0.2, -0.15) is 4.31 Å². The van der Waals surface area contributed by atoms with Gasteiger partial charge in [-0.05, 0) is 32.0 Å². The second kappa shape index (κ2) is 10.2. The maximum absolute atomic E-state index is 12.9. The Labute approximate surface area is 184 Å². The quantitative estimate of drug-likeness (QED) is 0.569. The monoisotopic (exact) mass is 469 g/mol. The molecule has 2 N–H and O–H groups in total. The van der Waals surface area contributed by atoms with Crippen molar-refractivity contribution in [2.24, 2.45) is 0 Å². The summed E-state index contributed by atoms with van der Waals surface area (Å²) in [6.45, 7) is 5.04. The summed E-state index contributed by atoms with van der Waals surface area (Å²) >= 11 is 0.987. The first-order valence-electron chi connectivity index (χ1n) is 9.58. The van der Waals surface area contributed by atoms with Crippen LogP contribution in [0.1, 0.15) is 13.8 Å². The highest BCUT2D eigenvalue weighted by Gasteiger charge is 2.27. The number of ether oxygens (including phenoxy) is 1. The van der Waals surface area contributed by atoms with Gasteiger partial charge in [0.25, 0.3) is 5.22 Å². The van der Waals surface area contributed by atoms with Crippen LogP contribution < -0.4 is 10.6 Å². The number of carbonyl (C=O) groups is 2. The molecule has 1 aliphatic heterocycles. The van der Waals surface area contributed by atoms with Crippen molar-refractivity contribution in [1.82, 2.24) is 25.1 Å². The fraction of sp³-hybridized carbons (Fsp3) is 0.444. The van der Waals surface area contributed by atoms with Crippen LogP contribution in [0.5, 0.6) is 0 Å². The van der Waals surface area contributed by atoms with E-state index in [1.807, 2.05) is 0 Å². The third-order valence-electron chi connectivity index (χ3n) is 4.32. The third kappa shape index (κ3) is 5.81. The number of morpholine rings is 1. The first-order chi connectivity index (χ1) is 14.8. The molecule has 1 aliphatic rings. The smallest absolute Gasteiger partial charge is 0.321 e. The standard InChI is InChI=1S/C18H23N5O6S2/c1-3-19-17(25)20-15(24)12(2)30-18-22-21-16(29-18)13-5-4-6-14(11-13)31(26,27)23-7-9-28-10-8-23/h4-6,11-12H,3,7-10H2,1-2H3,(H2,19,20,24,25). The van der Waals surface area contributed by atoms with Gasteiger partial charge in [-0.15, -0.1) is 10.2 Å². The van der Waals surface area contributed by atoms with Crippen molar-refractivity contribution in [3.63, 3.8) is 0 Å². The predicted octanol–water partition coefficient (Wildman–Crippen LogP) is 1.08. The maximum atomic E-state index is 12.9. The lowest BCUT2D eigenvalue weighted by molar-refractivity contribution is -0.119. The molecular formula is C18H23N5O6S2. The van der Waals surface area contributed by atoms with E-state index in [1.165, 1.54) is 16.4 Å². The number of rotatable bonds is 7. The topological polar surface area (TPSA) is 144 Å². The molecule has 13 heteroatoms. The van der Waals surface area contributed by atoms with Crippen LogP contribution in [-0.2, 0) is 19.6 Å². The van der Waals surface area contributed by atoms with Crippen LogP contribution in [0.4, 0.5) is 4.79 Å². The highest BCUT2D eigenvalue weighted by molar-refractivity contribution is 8.00. The van der Waals surface area contributed by atoms with Gasteiger partial charge in [-0.3, -0.25) is 10.1 Å². The number of benzene rings is 1. The zero-order chi connectivity index (χ0) is 22.4. The van der Waals surface area contributed by atoms with Crippen LogP contribution >= 0.6 is 11.8 Å². The predicted molar refractivity (Wildman–Crippen MR) is 112 cm³/mol. The van der Waals surface area contributed by atoms with Crippen LogP contribution in [-0.4, -0.2) is 73.0 Å². The van der Waals surface area contributed by atoms with Gasteiger partial charge in [-0.1, -0.05) is 17.8 Å². The molecule has 2 heterocycles. The van der Waals surface area contributed by atoms with E-state index in [1.54, 1.807) is 26.0 Å². The Morgan fingerprint density at radius 3 is 2.71 bits per heavy atom. The Kier molecular flexibility index (Phi) is 7.64. The van der Waals surface area contributed by atoms with Crippen molar-refractivity contribution >= 4 is 33.7 Å². The molecule has 0 spiro atoms. The second-order valence-electron chi connectivity index (χ2n) is 6.53. The number of sulfonamides is 1. The molecular weight excluding hydrogens is 446 g/mol. The van der Waals surface area contributed by atoms with Crippen LogP contribution in [0, 0.1) is 0 Å². The number of imide groups is 1. The third-order valence-corrected chi connectivity index (χ3v) is 7.15. The van der Waals surface area contributed by atoms with Gasteiger partial charge in [0.1, 0.15) is 0 Å². The van der Waals surface area contributed by atoms with E-state index < -0.39 is 27.2 Å². The minimum absolute atomic E-state index is 0.119. The number of nitrogens with zero attached hydrogens (tertiary/aromatic N) is 3. The summed E-state index contributed by atoms with van der Waals surface area (Å²) in [5, 5.41) is 12.0. The van der Waals surface area contributed by atoms with Crippen LogP contribution in [0.2, 0.25) is 0 Å². The summed E-state index contributed by atoms with van der Waals surface area (Å²) in [5.74, 6) is -0.382. The van der Waals surface area contributed by atoms with Crippen molar-refractivity contribution in [2.75, 3.05) is 32.8 Å². The number of urea groups is 1. The molecule has 3 amide bonds. The molecule has 0 bridgehead atoms. The summed E-state index contributed by atoms with van der Waals surface area (Å²) in [6, 6.07) is 5.66. The molecule has 31 heavy (non-hydrogen) atoms. The highest BCUT2D eigenvalue weighted by Crippen LogP contribution is 2.28. The Hall–Kier alpha value is -2.48. The number of nitrogens with one attached hydrogen (secondary N) is 2. The lowest BCUT2D eigenvalue weighted by Gasteiger charge is -2.26. The Morgan fingerprint density at radius 2 is 2.00 bits per heavy atom. The number of carbonyl (C=O) groups excluding carboxylic acids is 2. The van der Waals surface area contributed by atoms with E-state index in [0.29, 0.717) is 38.4 Å². The van der Waals surface area contributed by atoms with E-state index in [4.69, 9.17) is 9.15 Å². The fourth-order valence-electron chi connectivity index (χ4n) is 2.72. The average molecular weight is 470 g/mol. The summed E-state index contributed by atoms with van der Waals surface area (Å²) in [6.07, 6.45) is 0. The minimum Gasteiger partial charge on any atom is -0.411 e.